The van der Waals surface area contributed by atoms with Crippen molar-refractivity contribution < 1.29 is 20.1 Å². The Morgan fingerprint density at radius 2 is 1.85 bits per heavy atom. The maximum Gasteiger partial charge on any atom is 0.300 e. The lowest BCUT2D eigenvalue weighted by Crippen LogP contribution is -2.37. The lowest BCUT2D eigenvalue weighted by molar-refractivity contribution is -0.134. The highest BCUT2D eigenvalue weighted by molar-refractivity contribution is 5.62. The summed E-state index contributed by atoms with van der Waals surface area (Å²) in [4.78, 5) is 9.00. The number of hydrogen-bond donors (Lipinski definition) is 4. The number of aliphatic carboxylic acids is 1. The molecule has 20 heavy (non-hydrogen) atoms. The minimum atomic E-state index is -0.833. The quantitative estimate of drug-likeness (QED) is 0.677. The summed E-state index contributed by atoms with van der Waals surface area (Å²) in [5.41, 5.74) is 1.84. The third kappa shape index (κ3) is 9.35. The zero-order valence-corrected chi connectivity index (χ0v) is 12.6. The predicted molar refractivity (Wildman–Crippen MR) is 78.8 cm³/mol. The molecule has 1 aromatic carbocycles. The van der Waals surface area contributed by atoms with Crippen LogP contribution in [-0.2, 0) is 17.8 Å². The van der Waals surface area contributed by atoms with Gasteiger partial charge in [-0.2, -0.15) is 0 Å². The van der Waals surface area contributed by atoms with E-state index in [0.717, 1.165) is 25.5 Å². The molecule has 0 amide bonds. The molecule has 0 atom stereocenters. The van der Waals surface area contributed by atoms with Crippen molar-refractivity contribution in [2.75, 3.05) is 6.54 Å². The van der Waals surface area contributed by atoms with Crippen molar-refractivity contribution in [1.29, 1.82) is 0 Å². The molecule has 0 saturated heterocycles. The number of nitrogens with one attached hydrogen (secondary N) is 1. The zero-order valence-electron chi connectivity index (χ0n) is 12.6. The number of aromatic hydroxyl groups is 1. The maximum absolute atomic E-state index is 9.41. The topological polar surface area (TPSA) is 89.8 Å². The van der Waals surface area contributed by atoms with Crippen molar-refractivity contribution in [2.24, 2.45) is 0 Å². The number of rotatable bonds is 4. The van der Waals surface area contributed by atoms with Gasteiger partial charge in [-0.15, -0.1) is 0 Å². The van der Waals surface area contributed by atoms with Gasteiger partial charge in [0.05, 0.1) is 6.61 Å². The van der Waals surface area contributed by atoms with Gasteiger partial charge in [0.15, 0.2) is 0 Å². The standard InChI is InChI=1S/C13H21NO2.C2H4O2/c1-13(2,3)14-7-6-10-4-5-12(16)11(8-10)9-15;1-2(3)4/h4-5,8,14-16H,6-7,9H2,1-3H3;1H3,(H,3,4). The summed E-state index contributed by atoms with van der Waals surface area (Å²) in [6.45, 7) is 8.24. The second-order valence-corrected chi connectivity index (χ2v) is 5.57. The highest BCUT2D eigenvalue weighted by atomic mass is 16.4. The third-order valence-electron chi connectivity index (χ3n) is 2.38. The smallest absolute Gasteiger partial charge is 0.300 e. The monoisotopic (exact) mass is 283 g/mol. The molecular weight excluding hydrogens is 258 g/mol. The predicted octanol–water partition coefficient (Wildman–Crippen LogP) is 1.91. The maximum atomic E-state index is 9.41. The highest BCUT2D eigenvalue weighted by Gasteiger charge is 2.08. The number of carbonyl (C=O) groups is 1. The van der Waals surface area contributed by atoms with Crippen molar-refractivity contribution in [1.82, 2.24) is 5.32 Å². The Labute approximate surface area is 120 Å². The van der Waals surface area contributed by atoms with Gasteiger partial charge >= 0.3 is 0 Å². The van der Waals surface area contributed by atoms with Gasteiger partial charge in [0, 0.05) is 18.0 Å². The molecule has 4 N–H and O–H groups in total. The average molecular weight is 283 g/mol. The molecule has 1 rings (SSSR count). The van der Waals surface area contributed by atoms with Crippen LogP contribution in [0.2, 0.25) is 0 Å². The molecule has 0 aliphatic heterocycles. The van der Waals surface area contributed by atoms with Crippen LogP contribution in [0.4, 0.5) is 0 Å². The van der Waals surface area contributed by atoms with E-state index in [-0.39, 0.29) is 17.9 Å². The van der Waals surface area contributed by atoms with Crippen LogP contribution in [0.1, 0.15) is 38.8 Å². The van der Waals surface area contributed by atoms with Crippen LogP contribution in [0.15, 0.2) is 18.2 Å². The molecule has 0 spiro atoms. The number of benzene rings is 1. The second kappa shape index (κ2) is 8.55. The van der Waals surface area contributed by atoms with Crippen molar-refractivity contribution in [3.63, 3.8) is 0 Å². The van der Waals surface area contributed by atoms with E-state index in [1.54, 1.807) is 6.07 Å². The Hall–Kier alpha value is -1.59. The highest BCUT2D eigenvalue weighted by Crippen LogP contribution is 2.18. The number of carboxylic acid groups (broad SMARTS) is 1. The van der Waals surface area contributed by atoms with Crippen LogP contribution in [0.5, 0.6) is 5.75 Å². The van der Waals surface area contributed by atoms with Gasteiger partial charge in [0.1, 0.15) is 5.75 Å². The molecule has 0 saturated carbocycles. The first-order valence-corrected chi connectivity index (χ1v) is 6.52. The third-order valence-corrected chi connectivity index (χ3v) is 2.38. The summed E-state index contributed by atoms with van der Waals surface area (Å²) >= 11 is 0. The molecule has 5 nitrogen and oxygen atoms in total. The summed E-state index contributed by atoms with van der Waals surface area (Å²) < 4.78 is 0. The number of aliphatic hydroxyl groups is 1. The first kappa shape index (κ1) is 18.4. The summed E-state index contributed by atoms with van der Waals surface area (Å²) in [5, 5.41) is 29.3. The van der Waals surface area contributed by atoms with Gasteiger partial charge < -0.3 is 20.6 Å². The number of phenols is 1. The number of carboxylic acids is 1. The van der Waals surface area contributed by atoms with Crippen LogP contribution in [0.25, 0.3) is 0 Å². The van der Waals surface area contributed by atoms with Crippen molar-refractivity contribution >= 4 is 5.97 Å². The Bertz CT molecular complexity index is 420. The molecule has 0 unspecified atom stereocenters. The summed E-state index contributed by atoms with van der Waals surface area (Å²) in [6.07, 6.45) is 0.893. The van der Waals surface area contributed by atoms with Crippen molar-refractivity contribution in [3.8, 4) is 5.75 Å². The van der Waals surface area contributed by atoms with Gasteiger partial charge in [-0.3, -0.25) is 4.79 Å². The lowest BCUT2D eigenvalue weighted by atomic mass is 10.1. The van der Waals surface area contributed by atoms with Gasteiger partial charge in [-0.05, 0) is 51.4 Å². The molecule has 0 aliphatic carbocycles. The fourth-order valence-electron chi connectivity index (χ4n) is 1.50. The van der Waals surface area contributed by atoms with Gasteiger partial charge in [-0.1, -0.05) is 6.07 Å². The van der Waals surface area contributed by atoms with Crippen LogP contribution in [0.3, 0.4) is 0 Å². The Kier molecular flexibility index (Phi) is 7.87. The van der Waals surface area contributed by atoms with E-state index >= 15 is 0 Å². The molecule has 1 aromatic rings. The van der Waals surface area contributed by atoms with E-state index in [1.807, 2.05) is 12.1 Å². The molecule has 0 aliphatic rings. The van der Waals surface area contributed by atoms with E-state index in [9.17, 15) is 5.11 Å². The van der Waals surface area contributed by atoms with Crippen molar-refractivity contribution in [2.45, 2.75) is 46.3 Å². The van der Waals surface area contributed by atoms with E-state index in [4.69, 9.17) is 15.0 Å². The van der Waals surface area contributed by atoms with Crippen molar-refractivity contribution in [3.05, 3.63) is 29.3 Å². The van der Waals surface area contributed by atoms with Gasteiger partial charge in [0.25, 0.3) is 5.97 Å². The number of hydrogen-bond acceptors (Lipinski definition) is 4. The lowest BCUT2D eigenvalue weighted by Gasteiger charge is -2.20. The minimum absolute atomic E-state index is 0.119. The van der Waals surface area contributed by atoms with E-state index in [0.29, 0.717) is 5.56 Å². The molecular formula is C15H25NO4. The molecule has 0 heterocycles. The van der Waals surface area contributed by atoms with Crippen LogP contribution in [0, 0.1) is 0 Å². The van der Waals surface area contributed by atoms with E-state index in [2.05, 4.69) is 26.1 Å². The Morgan fingerprint density at radius 3 is 2.30 bits per heavy atom. The first-order chi connectivity index (χ1) is 9.15. The Morgan fingerprint density at radius 1 is 1.30 bits per heavy atom. The minimum Gasteiger partial charge on any atom is -0.508 e. The van der Waals surface area contributed by atoms with Crippen LogP contribution >= 0.6 is 0 Å². The zero-order chi connectivity index (χ0) is 15.8. The number of aliphatic hydroxyl groups excluding tert-OH is 1. The molecule has 0 bridgehead atoms. The largest absolute Gasteiger partial charge is 0.508 e. The molecule has 114 valence electrons. The van der Waals surface area contributed by atoms with E-state index < -0.39 is 5.97 Å². The first-order valence-electron chi connectivity index (χ1n) is 6.52. The summed E-state index contributed by atoms with van der Waals surface area (Å²) in [6, 6.07) is 5.37. The molecule has 0 radical (unpaired) electrons. The second-order valence-electron chi connectivity index (χ2n) is 5.57. The fraction of sp³-hybridized carbons (Fsp3) is 0.533. The molecule has 5 heteroatoms. The summed E-state index contributed by atoms with van der Waals surface area (Å²) in [7, 11) is 0. The Balaban J connectivity index is 0.000000796. The normalized spacial score (nSPS) is 10.7. The fourth-order valence-corrected chi connectivity index (χ4v) is 1.50. The summed E-state index contributed by atoms with van der Waals surface area (Å²) in [5.74, 6) is -0.671. The SMILES string of the molecule is CC(=O)O.CC(C)(C)NCCc1ccc(O)c(CO)c1. The molecule has 0 aromatic heterocycles. The van der Waals surface area contributed by atoms with Gasteiger partial charge in [-0.25, -0.2) is 0 Å². The van der Waals surface area contributed by atoms with Crippen LogP contribution in [-0.4, -0.2) is 33.4 Å². The van der Waals surface area contributed by atoms with Gasteiger partial charge in [0.2, 0.25) is 0 Å². The van der Waals surface area contributed by atoms with E-state index in [1.165, 1.54) is 0 Å². The average Bonchev–Trinajstić information content (AvgIpc) is 2.29. The van der Waals surface area contributed by atoms with Crippen LogP contribution < -0.4 is 5.32 Å². The molecule has 0 fully saturated rings.